The van der Waals surface area contributed by atoms with E-state index in [-0.39, 0.29) is 17.4 Å². The van der Waals surface area contributed by atoms with Crippen LogP contribution in [0.3, 0.4) is 0 Å². The zero-order chi connectivity index (χ0) is 24.6. The van der Waals surface area contributed by atoms with Crippen molar-refractivity contribution in [2.45, 2.75) is 79.3 Å². The molecule has 178 valence electrons. The van der Waals surface area contributed by atoms with Gasteiger partial charge in [-0.1, -0.05) is 12.1 Å². The summed E-state index contributed by atoms with van der Waals surface area (Å²) in [5.41, 5.74) is 11.0. The van der Waals surface area contributed by atoms with E-state index in [0.717, 1.165) is 16.7 Å². The van der Waals surface area contributed by atoms with E-state index in [1.54, 1.807) is 17.6 Å². The fourth-order valence-electron chi connectivity index (χ4n) is 4.42. The first kappa shape index (κ1) is 24.8. The number of rotatable bonds is 5. The number of aliphatic imine (C=N–C) groups is 1. The smallest absolute Gasteiger partial charge is 0.359 e. The molecular formula is C26H38N5OS+. The molecule has 3 rings (SSSR count). The number of amidine groups is 1. The number of nitrogens with zero attached hydrogens (tertiary/aromatic N) is 4. The molecule has 0 saturated heterocycles. The number of thiophene rings is 1. The lowest BCUT2D eigenvalue weighted by Gasteiger charge is -2.41. The van der Waals surface area contributed by atoms with Gasteiger partial charge in [-0.15, -0.1) is 0 Å². The van der Waals surface area contributed by atoms with Gasteiger partial charge < -0.3 is 5.73 Å². The van der Waals surface area contributed by atoms with E-state index in [4.69, 9.17) is 5.73 Å². The number of hydroxylamine groups is 1. The third-order valence-electron chi connectivity index (χ3n) is 5.87. The predicted octanol–water partition coefficient (Wildman–Crippen LogP) is 5.22. The summed E-state index contributed by atoms with van der Waals surface area (Å²) in [5, 5.41) is 15.3. The molecule has 2 heterocycles. The first-order valence-corrected chi connectivity index (χ1v) is 12.2. The summed E-state index contributed by atoms with van der Waals surface area (Å²) >= 11 is 1.60. The molecule has 1 aliphatic heterocycles. The minimum atomic E-state index is -0.346. The second-order valence-electron chi connectivity index (χ2n) is 10.6. The topological polar surface area (TPSA) is 68.1 Å². The Bertz CT molecular complexity index is 1040. The molecule has 0 amide bonds. The minimum absolute atomic E-state index is 0.166. The Morgan fingerprint density at radius 1 is 1.09 bits per heavy atom. The van der Waals surface area contributed by atoms with Crippen LogP contribution < -0.4 is 5.73 Å². The number of hydrogen-bond donors (Lipinski definition) is 2. The normalized spacial score (nSPS) is 16.8. The molecule has 1 aromatic carbocycles. The summed E-state index contributed by atoms with van der Waals surface area (Å²) in [6, 6.07) is 10.0. The van der Waals surface area contributed by atoms with Crippen LogP contribution in [0.25, 0.3) is 0 Å². The van der Waals surface area contributed by atoms with Crippen molar-refractivity contribution in [3.63, 3.8) is 0 Å². The summed E-state index contributed by atoms with van der Waals surface area (Å²) in [5.74, 6) is 0.541. The summed E-state index contributed by atoms with van der Waals surface area (Å²) < 4.78 is 1.33. The van der Waals surface area contributed by atoms with Gasteiger partial charge in [0.25, 0.3) is 0 Å². The number of hydrogen-bond acceptors (Lipinski definition) is 5. The van der Waals surface area contributed by atoms with Crippen LogP contribution in [0.2, 0.25) is 0 Å². The number of benzene rings is 1. The minimum Gasteiger partial charge on any atom is -0.383 e. The molecule has 3 N–H and O–H groups in total. The first-order chi connectivity index (χ1) is 15.3. The maximum Gasteiger partial charge on any atom is 0.359 e. The van der Waals surface area contributed by atoms with E-state index < -0.39 is 0 Å². The lowest BCUT2D eigenvalue weighted by Crippen LogP contribution is -2.58. The average Bonchev–Trinajstić information content (AvgIpc) is 3.33. The Morgan fingerprint density at radius 2 is 1.70 bits per heavy atom. The highest BCUT2D eigenvalue weighted by Gasteiger charge is 2.51. The molecule has 0 spiro atoms. The molecule has 0 unspecified atom stereocenters. The van der Waals surface area contributed by atoms with E-state index in [9.17, 15) is 5.21 Å². The second-order valence-corrected chi connectivity index (χ2v) is 11.3. The van der Waals surface area contributed by atoms with Crippen molar-refractivity contribution >= 4 is 23.4 Å². The van der Waals surface area contributed by atoms with Gasteiger partial charge in [-0.05, 0) is 84.5 Å². The van der Waals surface area contributed by atoms with Crippen molar-refractivity contribution < 1.29 is 9.95 Å². The van der Waals surface area contributed by atoms with Gasteiger partial charge in [-0.2, -0.15) is 11.3 Å². The Balaban J connectivity index is 1.92. The van der Waals surface area contributed by atoms with Crippen LogP contribution in [0, 0.1) is 0 Å². The molecule has 0 fully saturated rings. The molecule has 6 nitrogen and oxygen atoms in total. The third kappa shape index (κ3) is 5.41. The van der Waals surface area contributed by atoms with E-state index in [1.165, 1.54) is 16.1 Å². The fourth-order valence-corrected chi connectivity index (χ4v) is 5.06. The largest absolute Gasteiger partial charge is 0.383 e. The third-order valence-corrected chi connectivity index (χ3v) is 6.55. The second kappa shape index (κ2) is 9.21. The van der Waals surface area contributed by atoms with Crippen LogP contribution in [0.15, 0.2) is 57.5 Å². The molecule has 1 aromatic heterocycles. The van der Waals surface area contributed by atoms with Gasteiger partial charge in [-0.3, -0.25) is 20.0 Å². The van der Waals surface area contributed by atoms with Crippen LogP contribution in [-0.2, 0) is 6.54 Å². The van der Waals surface area contributed by atoms with Crippen LogP contribution in [0.5, 0.6) is 0 Å². The van der Waals surface area contributed by atoms with Gasteiger partial charge in [0.2, 0.25) is 6.21 Å². The summed E-state index contributed by atoms with van der Waals surface area (Å²) in [4.78, 5) is 9.09. The van der Waals surface area contributed by atoms with Gasteiger partial charge in [0, 0.05) is 43.7 Å². The van der Waals surface area contributed by atoms with E-state index in [1.807, 2.05) is 41.1 Å². The zero-order valence-electron chi connectivity index (χ0n) is 21.1. The van der Waals surface area contributed by atoms with Crippen LogP contribution in [0.1, 0.15) is 72.1 Å². The Morgan fingerprint density at radius 3 is 2.21 bits per heavy atom. The molecule has 0 radical (unpaired) electrons. The van der Waals surface area contributed by atoms with Crippen molar-refractivity contribution in [1.82, 2.24) is 9.80 Å². The molecule has 0 atom stereocenters. The molecule has 0 aliphatic carbocycles. The molecule has 0 bridgehead atoms. The van der Waals surface area contributed by atoms with Crippen LogP contribution in [0.4, 0.5) is 0 Å². The summed E-state index contributed by atoms with van der Waals surface area (Å²) in [6.07, 6.45) is 1.45. The number of allylic oxidation sites excluding steroid dienone is 2. The first-order valence-electron chi connectivity index (χ1n) is 11.3. The van der Waals surface area contributed by atoms with Crippen LogP contribution >= 0.6 is 11.3 Å². The van der Waals surface area contributed by atoms with Crippen molar-refractivity contribution in [3.05, 3.63) is 69.2 Å². The molecule has 2 aromatic rings. The summed E-state index contributed by atoms with van der Waals surface area (Å²) in [7, 11) is 0. The van der Waals surface area contributed by atoms with E-state index in [2.05, 4.69) is 70.2 Å². The molecule has 33 heavy (non-hydrogen) atoms. The Kier molecular flexibility index (Phi) is 6.93. The van der Waals surface area contributed by atoms with Crippen molar-refractivity contribution in [3.8, 4) is 0 Å². The predicted molar refractivity (Wildman–Crippen MR) is 138 cm³/mol. The lowest BCUT2D eigenvalue weighted by molar-refractivity contribution is -0.822. The van der Waals surface area contributed by atoms with Gasteiger partial charge >= 0.3 is 6.29 Å². The van der Waals surface area contributed by atoms with Crippen molar-refractivity contribution in [2.24, 2.45) is 10.7 Å². The summed E-state index contributed by atoms with van der Waals surface area (Å²) in [6.45, 7) is 17.8. The maximum absolute atomic E-state index is 11.4. The van der Waals surface area contributed by atoms with Gasteiger partial charge in [-0.25, -0.2) is 0 Å². The molecule has 7 heteroatoms. The average molecular weight is 469 g/mol. The highest BCUT2D eigenvalue weighted by atomic mass is 32.1. The molecule has 1 aliphatic rings. The Labute approximate surface area is 202 Å². The fraction of sp³-hybridized carbons (Fsp3) is 0.462. The van der Waals surface area contributed by atoms with E-state index >= 15 is 0 Å². The molecular weight excluding hydrogens is 430 g/mol. The zero-order valence-corrected chi connectivity index (χ0v) is 21.9. The maximum atomic E-state index is 11.4. The quantitative estimate of drug-likeness (QED) is 0.207. The standard InChI is InChI=1S/C26H38N5OS/c1-18-19(2)31(26(6,7)8)24(30(18)25(3,4)5)29(32)16-21-11-9-10-20(14-21)15-28-23(27)22-12-13-33-17-22/h9-14,16-17,24,32H,15H2,1-8H3,(H2,27,28)/q+1/b29-16-. The van der Waals surface area contributed by atoms with E-state index in [0.29, 0.717) is 12.4 Å². The highest BCUT2D eigenvalue weighted by Crippen LogP contribution is 2.39. The molecule has 0 saturated carbocycles. The van der Waals surface area contributed by atoms with Gasteiger partial charge in [0.05, 0.1) is 6.54 Å². The Hall–Kier alpha value is -2.80. The monoisotopic (exact) mass is 468 g/mol. The SMILES string of the molecule is CC1=C(C)N(C(C)(C)C)C(/[N+](O)=C/c2cccc(CN=C(N)c3ccsc3)c2)N1C(C)(C)C. The van der Waals surface area contributed by atoms with Crippen molar-refractivity contribution in [1.29, 1.82) is 0 Å². The van der Waals surface area contributed by atoms with Crippen molar-refractivity contribution in [2.75, 3.05) is 0 Å². The van der Waals surface area contributed by atoms with Crippen LogP contribution in [-0.4, -0.2) is 49.2 Å². The van der Waals surface area contributed by atoms with Gasteiger partial charge in [0.15, 0.2) is 0 Å². The number of nitrogens with two attached hydrogens (primary N) is 1. The van der Waals surface area contributed by atoms with Gasteiger partial charge in [0.1, 0.15) is 5.84 Å². The highest BCUT2D eigenvalue weighted by molar-refractivity contribution is 7.08. The lowest BCUT2D eigenvalue weighted by atomic mass is 10.0.